The topological polar surface area (TPSA) is 55.9 Å². The Morgan fingerprint density at radius 3 is 2.16 bits per heavy atom. The highest BCUT2D eigenvalue weighted by Crippen LogP contribution is 2.37. The van der Waals surface area contributed by atoms with Crippen LogP contribution >= 0.6 is 12.4 Å². The lowest BCUT2D eigenvalue weighted by atomic mass is 9.76. The van der Waals surface area contributed by atoms with Gasteiger partial charge in [-0.1, -0.05) is 19.3 Å². The Morgan fingerprint density at radius 2 is 1.40 bits per heavy atom. The van der Waals surface area contributed by atoms with E-state index < -0.39 is 10.2 Å². The lowest BCUT2D eigenvalue weighted by molar-refractivity contribution is 0.131. The molecule has 3 atom stereocenters. The fraction of sp³-hybridized carbons (Fsp3) is 1.00. The number of piperidine rings is 1. The number of hydrogen-bond donors (Lipinski definition) is 1. The molecule has 0 radical (unpaired) electrons. The molecule has 1 saturated carbocycles. The van der Waals surface area contributed by atoms with Gasteiger partial charge >= 0.3 is 0 Å². The van der Waals surface area contributed by atoms with Crippen molar-refractivity contribution in [2.45, 2.75) is 44.6 Å². The van der Waals surface area contributed by atoms with Crippen molar-refractivity contribution < 1.29 is 8.42 Å². The van der Waals surface area contributed by atoms with Crippen LogP contribution in [0, 0.1) is 11.8 Å². The Labute approximate surface area is 158 Å². The number of halogens is 1. The first-order valence-electron chi connectivity index (χ1n) is 9.84. The van der Waals surface area contributed by atoms with Crippen LogP contribution in [0.2, 0.25) is 0 Å². The van der Waals surface area contributed by atoms with Crippen LogP contribution in [0.15, 0.2) is 0 Å². The Bertz CT molecular complexity index is 541. The molecule has 146 valence electrons. The summed E-state index contributed by atoms with van der Waals surface area (Å²) in [6, 6.07) is 0.411. The molecule has 3 aliphatic heterocycles. The zero-order chi connectivity index (χ0) is 16.6. The minimum Gasteiger partial charge on any atom is -0.314 e. The van der Waals surface area contributed by atoms with Gasteiger partial charge in [0.05, 0.1) is 0 Å². The Kier molecular flexibility index (Phi) is 6.66. The highest BCUT2D eigenvalue weighted by Gasteiger charge is 2.41. The number of hydrogen-bond acceptors (Lipinski definition) is 4. The molecule has 4 fully saturated rings. The van der Waals surface area contributed by atoms with Gasteiger partial charge in [-0.05, 0) is 31.1 Å². The van der Waals surface area contributed by atoms with Gasteiger partial charge in [-0.25, -0.2) is 0 Å². The minimum absolute atomic E-state index is 0. The molecule has 25 heavy (non-hydrogen) atoms. The summed E-state index contributed by atoms with van der Waals surface area (Å²) in [5.74, 6) is 1.38. The summed E-state index contributed by atoms with van der Waals surface area (Å²) in [5, 5.41) is 3.38. The molecule has 0 aromatic rings. The molecular weight excluding hydrogens is 360 g/mol. The second kappa shape index (κ2) is 8.40. The Balaban J connectivity index is 0.00000182. The number of fused-ring (bicyclic) bond motifs is 1. The van der Waals surface area contributed by atoms with Gasteiger partial charge in [0.2, 0.25) is 0 Å². The van der Waals surface area contributed by atoms with Crippen molar-refractivity contribution in [3.05, 3.63) is 0 Å². The molecule has 0 aromatic carbocycles. The average molecular weight is 393 g/mol. The van der Waals surface area contributed by atoms with Crippen LogP contribution in [0.5, 0.6) is 0 Å². The summed E-state index contributed by atoms with van der Waals surface area (Å²) < 4.78 is 29.8. The van der Waals surface area contributed by atoms with Crippen molar-refractivity contribution in [1.82, 2.24) is 18.8 Å². The van der Waals surface area contributed by atoms with Crippen LogP contribution in [0.1, 0.15) is 38.5 Å². The van der Waals surface area contributed by atoms with Gasteiger partial charge in [0, 0.05) is 58.4 Å². The number of rotatable bonds is 3. The fourth-order valence-electron chi connectivity index (χ4n) is 5.21. The van der Waals surface area contributed by atoms with Crippen molar-refractivity contribution in [1.29, 1.82) is 0 Å². The lowest BCUT2D eigenvalue weighted by Gasteiger charge is -2.41. The standard InChI is InChI=1S/C17H32N4O2S.ClH/c22-24(23,20-9-5-15-3-1-2-4-16(15)13-20)21-10-6-17(14-21)19-11-7-18-8-12-19;/h15-18H,1-14H2;1H. The normalized spacial score (nSPS) is 35.9. The monoisotopic (exact) mass is 392 g/mol. The third-order valence-corrected chi connectivity index (χ3v) is 8.67. The van der Waals surface area contributed by atoms with E-state index in [4.69, 9.17) is 0 Å². The van der Waals surface area contributed by atoms with Gasteiger partial charge in [-0.2, -0.15) is 17.0 Å². The molecule has 1 aliphatic carbocycles. The van der Waals surface area contributed by atoms with Crippen LogP contribution < -0.4 is 5.32 Å². The molecule has 0 aromatic heterocycles. The molecule has 3 heterocycles. The van der Waals surface area contributed by atoms with Gasteiger partial charge in [0.1, 0.15) is 0 Å². The minimum atomic E-state index is -3.26. The van der Waals surface area contributed by atoms with E-state index in [-0.39, 0.29) is 12.4 Å². The maximum atomic E-state index is 13.1. The summed E-state index contributed by atoms with van der Waals surface area (Å²) >= 11 is 0. The molecule has 6 nitrogen and oxygen atoms in total. The summed E-state index contributed by atoms with van der Waals surface area (Å²) in [6.45, 7) is 7.03. The zero-order valence-electron chi connectivity index (χ0n) is 15.1. The van der Waals surface area contributed by atoms with Crippen LogP contribution in [0.3, 0.4) is 0 Å². The smallest absolute Gasteiger partial charge is 0.282 e. The second-order valence-electron chi connectivity index (χ2n) is 8.05. The molecule has 8 heteroatoms. The van der Waals surface area contributed by atoms with E-state index in [9.17, 15) is 8.42 Å². The zero-order valence-corrected chi connectivity index (χ0v) is 16.7. The van der Waals surface area contributed by atoms with E-state index in [0.717, 1.165) is 58.0 Å². The number of nitrogens with zero attached hydrogens (tertiary/aromatic N) is 3. The fourth-order valence-corrected chi connectivity index (χ4v) is 6.95. The summed E-state index contributed by atoms with van der Waals surface area (Å²) in [7, 11) is -3.26. The van der Waals surface area contributed by atoms with Crippen LogP contribution in [-0.2, 0) is 10.2 Å². The summed E-state index contributed by atoms with van der Waals surface area (Å²) in [6.07, 6.45) is 7.21. The van der Waals surface area contributed by atoms with Crippen LogP contribution in [-0.4, -0.2) is 80.3 Å². The summed E-state index contributed by atoms with van der Waals surface area (Å²) in [4.78, 5) is 2.47. The predicted octanol–water partition coefficient (Wildman–Crippen LogP) is 1.14. The highest BCUT2D eigenvalue weighted by atomic mass is 35.5. The maximum absolute atomic E-state index is 13.1. The predicted molar refractivity (Wildman–Crippen MR) is 102 cm³/mol. The van der Waals surface area contributed by atoms with E-state index in [2.05, 4.69) is 10.2 Å². The largest absolute Gasteiger partial charge is 0.314 e. The third kappa shape index (κ3) is 4.17. The highest BCUT2D eigenvalue weighted by molar-refractivity contribution is 7.86. The average Bonchev–Trinajstić information content (AvgIpc) is 3.13. The second-order valence-corrected chi connectivity index (χ2v) is 9.97. The third-order valence-electron chi connectivity index (χ3n) is 6.70. The first-order valence-corrected chi connectivity index (χ1v) is 11.2. The molecular formula is C17H33ClN4O2S. The molecule has 4 rings (SSSR count). The first-order chi connectivity index (χ1) is 11.6. The van der Waals surface area contributed by atoms with Gasteiger partial charge < -0.3 is 5.32 Å². The molecule has 0 bridgehead atoms. The van der Waals surface area contributed by atoms with E-state index >= 15 is 0 Å². The van der Waals surface area contributed by atoms with Gasteiger partial charge in [-0.15, -0.1) is 12.4 Å². The van der Waals surface area contributed by atoms with E-state index in [1.165, 1.54) is 25.7 Å². The van der Waals surface area contributed by atoms with Crippen LogP contribution in [0.4, 0.5) is 0 Å². The number of nitrogens with one attached hydrogen (secondary N) is 1. The van der Waals surface area contributed by atoms with Gasteiger partial charge in [0.15, 0.2) is 0 Å². The Morgan fingerprint density at radius 1 is 0.760 bits per heavy atom. The summed E-state index contributed by atoms with van der Waals surface area (Å²) in [5.41, 5.74) is 0. The maximum Gasteiger partial charge on any atom is 0.282 e. The SMILES string of the molecule is Cl.O=S(=O)(N1CCC2CCCCC2C1)N1CCC(N2CCNCC2)C1. The van der Waals surface area contributed by atoms with Crippen molar-refractivity contribution in [2.24, 2.45) is 11.8 Å². The lowest BCUT2D eigenvalue weighted by Crippen LogP contribution is -2.52. The van der Waals surface area contributed by atoms with Crippen molar-refractivity contribution >= 4 is 22.6 Å². The van der Waals surface area contributed by atoms with E-state index in [1.807, 2.05) is 0 Å². The molecule has 1 N–H and O–H groups in total. The van der Waals surface area contributed by atoms with Crippen molar-refractivity contribution in [3.63, 3.8) is 0 Å². The molecule has 4 aliphatic rings. The van der Waals surface area contributed by atoms with Crippen LogP contribution in [0.25, 0.3) is 0 Å². The molecule has 0 amide bonds. The molecule has 0 spiro atoms. The van der Waals surface area contributed by atoms with Crippen molar-refractivity contribution in [2.75, 3.05) is 52.4 Å². The van der Waals surface area contributed by atoms with E-state index in [1.54, 1.807) is 8.61 Å². The quantitative estimate of drug-likeness (QED) is 0.782. The van der Waals surface area contributed by atoms with Crippen molar-refractivity contribution in [3.8, 4) is 0 Å². The van der Waals surface area contributed by atoms with E-state index in [0.29, 0.717) is 25.0 Å². The number of piperazine rings is 1. The Hall–Kier alpha value is 0.0800. The van der Waals surface area contributed by atoms with Gasteiger partial charge in [0.25, 0.3) is 10.2 Å². The first kappa shape index (κ1) is 19.8. The molecule has 3 saturated heterocycles. The molecule has 3 unspecified atom stereocenters. The van der Waals surface area contributed by atoms with Gasteiger partial charge in [-0.3, -0.25) is 4.90 Å².